The summed E-state index contributed by atoms with van der Waals surface area (Å²) in [7, 11) is 0. The molecule has 0 aliphatic carbocycles. The van der Waals surface area contributed by atoms with Crippen molar-refractivity contribution in [1.82, 2.24) is 10.2 Å². The van der Waals surface area contributed by atoms with E-state index in [9.17, 15) is 9.59 Å². The third-order valence-corrected chi connectivity index (χ3v) is 2.94. The largest absolute Gasteiger partial charge is 0.444 e. The Bertz CT molecular complexity index is 366. The van der Waals surface area contributed by atoms with Crippen LogP contribution in [-0.2, 0) is 9.53 Å². The van der Waals surface area contributed by atoms with Crippen molar-refractivity contribution in [2.45, 2.75) is 66.0 Å². The first-order valence-electron chi connectivity index (χ1n) is 7.23. The lowest BCUT2D eigenvalue weighted by Crippen LogP contribution is -2.41. The van der Waals surface area contributed by atoms with E-state index in [-0.39, 0.29) is 17.4 Å². The lowest BCUT2D eigenvalue weighted by molar-refractivity contribution is -0.132. The van der Waals surface area contributed by atoms with Crippen molar-refractivity contribution in [2.75, 3.05) is 13.1 Å². The van der Waals surface area contributed by atoms with Crippen LogP contribution >= 0.6 is 0 Å². The molecule has 0 unspecified atom stereocenters. The molecule has 116 valence electrons. The summed E-state index contributed by atoms with van der Waals surface area (Å²) in [6, 6.07) is -0.00577. The first kappa shape index (κ1) is 16.8. The summed E-state index contributed by atoms with van der Waals surface area (Å²) in [5, 5.41) is 2.83. The third-order valence-electron chi connectivity index (χ3n) is 2.94. The molecule has 1 N–H and O–H groups in total. The molecule has 20 heavy (non-hydrogen) atoms. The second-order valence-corrected chi connectivity index (χ2v) is 7.71. The van der Waals surface area contributed by atoms with E-state index < -0.39 is 11.7 Å². The number of carbonyl (C=O) groups is 2. The maximum absolute atomic E-state index is 12.1. The minimum Gasteiger partial charge on any atom is -0.444 e. The fourth-order valence-electron chi connectivity index (χ4n) is 2.14. The summed E-state index contributed by atoms with van der Waals surface area (Å²) < 4.78 is 5.22. The molecule has 1 aliphatic rings. The summed E-state index contributed by atoms with van der Waals surface area (Å²) in [6.07, 6.45) is 0.911. The van der Waals surface area contributed by atoms with Gasteiger partial charge in [0.1, 0.15) is 5.60 Å². The average molecular weight is 284 g/mol. The van der Waals surface area contributed by atoms with Crippen molar-refractivity contribution >= 4 is 12.0 Å². The van der Waals surface area contributed by atoms with Crippen molar-refractivity contribution in [3.05, 3.63) is 0 Å². The van der Waals surface area contributed by atoms with Gasteiger partial charge in [0.05, 0.1) is 6.04 Å². The first-order chi connectivity index (χ1) is 8.96. The minimum atomic E-state index is -0.496. The van der Waals surface area contributed by atoms with Crippen LogP contribution in [-0.4, -0.2) is 41.6 Å². The molecule has 1 rings (SSSR count). The zero-order valence-electron chi connectivity index (χ0n) is 13.6. The summed E-state index contributed by atoms with van der Waals surface area (Å²) >= 11 is 0. The van der Waals surface area contributed by atoms with Crippen LogP contribution in [0.15, 0.2) is 0 Å². The molecule has 0 bridgehead atoms. The van der Waals surface area contributed by atoms with Crippen molar-refractivity contribution in [3.63, 3.8) is 0 Å². The predicted octanol–water partition coefficient (Wildman–Crippen LogP) is 2.55. The van der Waals surface area contributed by atoms with Gasteiger partial charge in [0.2, 0.25) is 5.91 Å². The van der Waals surface area contributed by atoms with Gasteiger partial charge in [-0.25, -0.2) is 4.79 Å². The number of ether oxygens (including phenoxy) is 1. The summed E-state index contributed by atoms with van der Waals surface area (Å²) in [5.41, 5.74) is -0.502. The van der Waals surface area contributed by atoms with Gasteiger partial charge >= 0.3 is 6.09 Å². The molecule has 0 saturated carbocycles. The molecule has 0 radical (unpaired) electrons. The van der Waals surface area contributed by atoms with Crippen LogP contribution in [0.25, 0.3) is 0 Å². The molecule has 2 amide bonds. The Kier molecular flexibility index (Phi) is 5.05. The number of likely N-dealkylation sites (tertiary alicyclic amines) is 1. The molecule has 1 saturated heterocycles. The van der Waals surface area contributed by atoms with E-state index in [0.29, 0.717) is 19.5 Å². The molecule has 1 atom stereocenters. The molecule has 0 spiro atoms. The number of hydrogen-bond acceptors (Lipinski definition) is 3. The van der Waals surface area contributed by atoms with E-state index in [0.717, 1.165) is 6.42 Å². The van der Waals surface area contributed by atoms with Crippen LogP contribution in [0.1, 0.15) is 54.4 Å². The zero-order chi connectivity index (χ0) is 15.6. The quantitative estimate of drug-likeness (QED) is 0.847. The molecule has 1 aliphatic heterocycles. The molecule has 0 aromatic carbocycles. The van der Waals surface area contributed by atoms with Crippen LogP contribution in [0.2, 0.25) is 0 Å². The lowest BCUT2D eigenvalue weighted by atomic mass is 9.92. The van der Waals surface area contributed by atoms with Gasteiger partial charge in [-0.2, -0.15) is 0 Å². The molecule has 0 aromatic heterocycles. The van der Waals surface area contributed by atoms with Crippen LogP contribution < -0.4 is 5.32 Å². The number of rotatable bonds is 2. The van der Waals surface area contributed by atoms with Crippen molar-refractivity contribution < 1.29 is 14.3 Å². The summed E-state index contributed by atoms with van der Waals surface area (Å²) in [6.45, 7) is 12.9. The second-order valence-electron chi connectivity index (χ2n) is 7.71. The highest BCUT2D eigenvalue weighted by molar-refractivity contribution is 5.77. The topological polar surface area (TPSA) is 58.6 Å². The SMILES string of the molecule is CC(C)(C)CC(=O)N1CC[C@@H](NC(=O)OC(C)(C)C)C1. The van der Waals surface area contributed by atoms with Gasteiger partial charge in [0.15, 0.2) is 0 Å². The Labute approximate surface area is 122 Å². The third kappa shape index (κ3) is 6.26. The maximum atomic E-state index is 12.1. The molecule has 5 heteroatoms. The second kappa shape index (κ2) is 6.02. The molecular formula is C15H28N2O3. The highest BCUT2D eigenvalue weighted by atomic mass is 16.6. The Morgan fingerprint density at radius 3 is 2.30 bits per heavy atom. The van der Waals surface area contributed by atoms with Crippen molar-refractivity contribution in [1.29, 1.82) is 0 Å². The number of hydrogen-bond donors (Lipinski definition) is 1. The molecule has 0 aromatic rings. The lowest BCUT2D eigenvalue weighted by Gasteiger charge is -2.24. The highest BCUT2D eigenvalue weighted by Crippen LogP contribution is 2.22. The molecule has 1 heterocycles. The molecular weight excluding hydrogens is 256 g/mol. The zero-order valence-corrected chi connectivity index (χ0v) is 13.6. The first-order valence-corrected chi connectivity index (χ1v) is 7.23. The average Bonchev–Trinajstić information content (AvgIpc) is 2.59. The van der Waals surface area contributed by atoms with Gasteiger partial charge in [-0.15, -0.1) is 0 Å². The van der Waals surface area contributed by atoms with Crippen molar-refractivity contribution in [2.24, 2.45) is 5.41 Å². The Morgan fingerprint density at radius 2 is 1.80 bits per heavy atom. The fraction of sp³-hybridized carbons (Fsp3) is 0.867. The van der Waals surface area contributed by atoms with E-state index >= 15 is 0 Å². The Balaban J connectivity index is 2.40. The summed E-state index contributed by atoms with van der Waals surface area (Å²) in [4.78, 5) is 25.6. The van der Waals surface area contributed by atoms with Gasteiger partial charge in [-0.1, -0.05) is 20.8 Å². The highest BCUT2D eigenvalue weighted by Gasteiger charge is 2.30. The number of amides is 2. The van der Waals surface area contributed by atoms with E-state index in [2.05, 4.69) is 26.1 Å². The van der Waals surface area contributed by atoms with E-state index in [1.807, 2.05) is 25.7 Å². The molecule has 5 nitrogen and oxygen atoms in total. The fourth-order valence-corrected chi connectivity index (χ4v) is 2.14. The number of nitrogens with one attached hydrogen (secondary N) is 1. The number of nitrogens with zero attached hydrogens (tertiary/aromatic N) is 1. The van der Waals surface area contributed by atoms with E-state index in [1.54, 1.807) is 0 Å². The van der Waals surface area contributed by atoms with Gasteiger partial charge in [0.25, 0.3) is 0 Å². The normalized spacial score (nSPS) is 19.9. The smallest absolute Gasteiger partial charge is 0.407 e. The van der Waals surface area contributed by atoms with Crippen molar-refractivity contribution in [3.8, 4) is 0 Å². The molecule has 1 fully saturated rings. The van der Waals surface area contributed by atoms with E-state index in [1.165, 1.54) is 0 Å². The van der Waals surface area contributed by atoms with Gasteiger partial charge in [-0.05, 0) is 32.6 Å². The standard InChI is InChI=1S/C15H28N2O3/c1-14(2,3)9-12(18)17-8-7-11(10-17)16-13(19)20-15(4,5)6/h11H,7-10H2,1-6H3,(H,16,19)/t11-/m1/s1. The monoisotopic (exact) mass is 284 g/mol. The summed E-state index contributed by atoms with van der Waals surface area (Å²) in [5.74, 6) is 0.158. The van der Waals surface area contributed by atoms with Gasteiger partial charge in [-0.3, -0.25) is 4.79 Å². The Morgan fingerprint density at radius 1 is 1.20 bits per heavy atom. The van der Waals surface area contributed by atoms with Crippen LogP contribution in [0.3, 0.4) is 0 Å². The van der Waals surface area contributed by atoms with Crippen LogP contribution in [0, 0.1) is 5.41 Å². The Hall–Kier alpha value is -1.26. The van der Waals surface area contributed by atoms with Crippen LogP contribution in [0.4, 0.5) is 4.79 Å². The maximum Gasteiger partial charge on any atom is 0.407 e. The van der Waals surface area contributed by atoms with Gasteiger partial charge < -0.3 is 15.0 Å². The van der Waals surface area contributed by atoms with Crippen LogP contribution in [0.5, 0.6) is 0 Å². The van der Waals surface area contributed by atoms with Gasteiger partial charge in [0, 0.05) is 19.5 Å². The number of alkyl carbamates (subject to hydrolysis) is 1. The predicted molar refractivity (Wildman–Crippen MR) is 78.4 cm³/mol. The van der Waals surface area contributed by atoms with E-state index in [4.69, 9.17) is 4.74 Å². The number of carbonyl (C=O) groups excluding carboxylic acids is 2. The minimum absolute atomic E-state index is 0.00577.